The molecule has 1 aliphatic carbocycles. The average Bonchev–Trinajstić information content (AvgIpc) is 3.29. The van der Waals surface area contributed by atoms with E-state index < -0.39 is 0 Å². The molecule has 1 unspecified atom stereocenters. The number of benzene rings is 2. The number of nitrogens with one attached hydrogen (secondary N) is 1. The highest BCUT2D eigenvalue weighted by atomic mass is 32.2. The first-order valence-electron chi connectivity index (χ1n) is 12.1. The number of para-hydroxylation sites is 1. The molecule has 1 fully saturated rings. The highest BCUT2D eigenvalue weighted by Gasteiger charge is 2.27. The third-order valence-corrected chi connectivity index (χ3v) is 7.68. The Morgan fingerprint density at radius 2 is 1.71 bits per heavy atom. The summed E-state index contributed by atoms with van der Waals surface area (Å²) < 4.78 is 13.2. The summed E-state index contributed by atoms with van der Waals surface area (Å²) in [4.78, 5) is 13.1. The van der Waals surface area contributed by atoms with E-state index in [9.17, 15) is 4.79 Å². The summed E-state index contributed by atoms with van der Waals surface area (Å²) in [6.45, 7) is 5.94. The Hall–Kier alpha value is -3.00. The van der Waals surface area contributed by atoms with Gasteiger partial charge in [-0.05, 0) is 62.9 Å². The van der Waals surface area contributed by atoms with E-state index in [-0.39, 0.29) is 11.2 Å². The monoisotopic (exact) mass is 494 g/mol. The number of amides is 1. The van der Waals surface area contributed by atoms with Gasteiger partial charge in [-0.15, -0.1) is 10.2 Å². The lowest BCUT2D eigenvalue weighted by atomic mass is 9.95. The van der Waals surface area contributed by atoms with Crippen molar-refractivity contribution in [2.45, 2.75) is 69.3 Å². The minimum Gasteiger partial charge on any atom is -0.493 e. The molecule has 1 saturated carbocycles. The van der Waals surface area contributed by atoms with Crippen LogP contribution in [0.5, 0.6) is 11.5 Å². The number of carbonyl (C=O) groups is 1. The van der Waals surface area contributed by atoms with Crippen molar-refractivity contribution in [3.8, 4) is 22.9 Å². The molecule has 0 spiro atoms. The van der Waals surface area contributed by atoms with Crippen LogP contribution in [0.1, 0.15) is 56.2 Å². The molecule has 1 aromatic heterocycles. The van der Waals surface area contributed by atoms with E-state index in [4.69, 9.17) is 9.47 Å². The Balaban J connectivity index is 1.63. The van der Waals surface area contributed by atoms with E-state index in [0.29, 0.717) is 17.5 Å². The normalized spacial score (nSPS) is 15.0. The van der Waals surface area contributed by atoms with Crippen LogP contribution in [0.3, 0.4) is 0 Å². The number of methoxy groups -OCH3 is 2. The van der Waals surface area contributed by atoms with E-state index in [1.54, 1.807) is 14.2 Å². The molecule has 0 saturated heterocycles. The Morgan fingerprint density at radius 3 is 2.37 bits per heavy atom. The van der Waals surface area contributed by atoms with Crippen LogP contribution in [-0.2, 0) is 4.79 Å². The fourth-order valence-electron chi connectivity index (χ4n) is 4.65. The van der Waals surface area contributed by atoms with Gasteiger partial charge in [-0.1, -0.05) is 49.2 Å². The van der Waals surface area contributed by atoms with Crippen LogP contribution in [0.15, 0.2) is 41.6 Å². The van der Waals surface area contributed by atoms with Gasteiger partial charge in [-0.25, -0.2) is 0 Å². The second-order valence-corrected chi connectivity index (χ2v) is 10.4. The molecule has 8 heteroatoms. The summed E-state index contributed by atoms with van der Waals surface area (Å²) in [5.41, 5.74) is 3.90. The first-order chi connectivity index (χ1) is 16.9. The van der Waals surface area contributed by atoms with Crippen molar-refractivity contribution >= 4 is 23.4 Å². The quantitative estimate of drug-likeness (QED) is 0.376. The van der Waals surface area contributed by atoms with Crippen LogP contribution >= 0.6 is 11.8 Å². The SMILES string of the molecule is COc1ccc(-c2nnc(SC(C)C(=O)Nc3c(C)cccc3C)n2C2CCCCC2)cc1OC. The number of aromatic nitrogens is 3. The van der Waals surface area contributed by atoms with Gasteiger partial charge in [0.2, 0.25) is 5.91 Å². The third-order valence-electron chi connectivity index (χ3n) is 6.63. The van der Waals surface area contributed by atoms with Gasteiger partial charge in [0.25, 0.3) is 0 Å². The molecule has 0 aliphatic heterocycles. The Bertz CT molecular complexity index is 1170. The predicted octanol–water partition coefficient (Wildman–Crippen LogP) is 6.20. The van der Waals surface area contributed by atoms with Crippen molar-refractivity contribution < 1.29 is 14.3 Å². The molecule has 7 nitrogen and oxygen atoms in total. The molecule has 35 heavy (non-hydrogen) atoms. The number of ether oxygens (including phenoxy) is 2. The number of anilines is 1. The second kappa shape index (κ2) is 11.2. The van der Waals surface area contributed by atoms with Gasteiger partial charge in [0, 0.05) is 17.3 Å². The maximum Gasteiger partial charge on any atom is 0.237 e. The van der Waals surface area contributed by atoms with Crippen molar-refractivity contribution in [1.29, 1.82) is 0 Å². The van der Waals surface area contributed by atoms with E-state index in [2.05, 4.69) is 20.1 Å². The highest BCUT2D eigenvalue weighted by Crippen LogP contribution is 2.39. The van der Waals surface area contributed by atoms with Gasteiger partial charge in [0.1, 0.15) is 0 Å². The van der Waals surface area contributed by atoms with Crippen LogP contribution < -0.4 is 14.8 Å². The molecule has 1 heterocycles. The van der Waals surface area contributed by atoms with Gasteiger partial charge in [0.05, 0.1) is 19.5 Å². The summed E-state index contributed by atoms with van der Waals surface area (Å²) in [6.07, 6.45) is 5.77. The molecule has 1 amide bonds. The summed E-state index contributed by atoms with van der Waals surface area (Å²) in [5.74, 6) is 2.08. The molecular formula is C27H34N4O3S. The number of hydrogen-bond donors (Lipinski definition) is 1. The smallest absolute Gasteiger partial charge is 0.237 e. The van der Waals surface area contributed by atoms with E-state index in [1.165, 1.54) is 31.0 Å². The summed E-state index contributed by atoms with van der Waals surface area (Å²) in [5, 5.41) is 12.7. The minimum absolute atomic E-state index is 0.0433. The lowest BCUT2D eigenvalue weighted by Gasteiger charge is -2.26. The number of rotatable bonds is 8. The van der Waals surface area contributed by atoms with Crippen molar-refractivity contribution in [2.24, 2.45) is 0 Å². The Kier molecular flexibility index (Phi) is 8.00. The van der Waals surface area contributed by atoms with Crippen LogP contribution in [0.4, 0.5) is 5.69 Å². The van der Waals surface area contributed by atoms with Crippen molar-refractivity contribution in [2.75, 3.05) is 19.5 Å². The number of nitrogens with zero attached hydrogens (tertiary/aromatic N) is 3. The molecular weight excluding hydrogens is 460 g/mol. The van der Waals surface area contributed by atoms with Gasteiger partial charge in [-0.3, -0.25) is 9.36 Å². The van der Waals surface area contributed by atoms with E-state index >= 15 is 0 Å². The summed E-state index contributed by atoms with van der Waals surface area (Å²) >= 11 is 1.46. The van der Waals surface area contributed by atoms with Gasteiger partial charge < -0.3 is 14.8 Å². The molecule has 0 radical (unpaired) electrons. The molecule has 1 aliphatic rings. The summed E-state index contributed by atoms with van der Waals surface area (Å²) in [7, 11) is 3.26. The maximum absolute atomic E-state index is 13.1. The van der Waals surface area contributed by atoms with Gasteiger partial charge >= 0.3 is 0 Å². The minimum atomic E-state index is -0.334. The fraction of sp³-hybridized carbons (Fsp3) is 0.444. The zero-order valence-electron chi connectivity index (χ0n) is 21.1. The lowest BCUT2D eigenvalue weighted by Crippen LogP contribution is -2.24. The van der Waals surface area contributed by atoms with Crippen LogP contribution in [0.25, 0.3) is 11.4 Å². The number of aryl methyl sites for hydroxylation is 2. The fourth-order valence-corrected chi connectivity index (χ4v) is 5.57. The second-order valence-electron chi connectivity index (χ2n) is 9.05. The highest BCUT2D eigenvalue weighted by molar-refractivity contribution is 8.00. The van der Waals surface area contributed by atoms with Gasteiger partial charge in [-0.2, -0.15) is 0 Å². The third kappa shape index (κ3) is 5.48. The maximum atomic E-state index is 13.1. The lowest BCUT2D eigenvalue weighted by molar-refractivity contribution is -0.115. The topological polar surface area (TPSA) is 78.3 Å². The van der Waals surface area contributed by atoms with Crippen molar-refractivity contribution in [1.82, 2.24) is 14.8 Å². The van der Waals surface area contributed by atoms with Crippen LogP contribution in [0, 0.1) is 13.8 Å². The standard InChI is InChI=1S/C27H34N4O3S/c1-17-10-9-11-18(2)24(17)28-26(32)19(3)35-27-30-29-25(31(27)21-12-7-6-8-13-21)20-14-15-22(33-4)23(16-20)34-5/h9-11,14-16,19,21H,6-8,12-13H2,1-5H3,(H,28,32). The van der Waals surface area contributed by atoms with Crippen molar-refractivity contribution in [3.63, 3.8) is 0 Å². The van der Waals surface area contributed by atoms with Crippen LogP contribution in [0.2, 0.25) is 0 Å². The largest absolute Gasteiger partial charge is 0.493 e. The Morgan fingerprint density at radius 1 is 1.03 bits per heavy atom. The molecule has 3 aromatic rings. The average molecular weight is 495 g/mol. The predicted molar refractivity (Wildman–Crippen MR) is 141 cm³/mol. The first kappa shape index (κ1) is 25.1. The number of thioether (sulfide) groups is 1. The number of hydrogen-bond acceptors (Lipinski definition) is 6. The number of carbonyl (C=O) groups excluding carboxylic acids is 1. The van der Waals surface area contributed by atoms with E-state index in [0.717, 1.165) is 46.2 Å². The summed E-state index contributed by atoms with van der Waals surface area (Å²) in [6, 6.07) is 12.1. The zero-order chi connectivity index (χ0) is 24.9. The van der Waals surface area contributed by atoms with Crippen LogP contribution in [-0.4, -0.2) is 40.1 Å². The molecule has 2 aromatic carbocycles. The molecule has 4 rings (SSSR count). The zero-order valence-corrected chi connectivity index (χ0v) is 21.9. The van der Waals surface area contributed by atoms with Crippen molar-refractivity contribution in [3.05, 3.63) is 47.5 Å². The molecule has 186 valence electrons. The molecule has 1 atom stereocenters. The first-order valence-corrected chi connectivity index (χ1v) is 13.0. The molecule has 0 bridgehead atoms. The van der Waals surface area contributed by atoms with Gasteiger partial charge in [0.15, 0.2) is 22.5 Å². The Labute approximate surface area is 211 Å². The molecule has 1 N–H and O–H groups in total. The van der Waals surface area contributed by atoms with E-state index in [1.807, 2.05) is 57.2 Å².